The van der Waals surface area contributed by atoms with Crippen LogP contribution < -0.4 is 5.56 Å². The van der Waals surface area contributed by atoms with Gasteiger partial charge in [-0.3, -0.25) is 9.59 Å². The Morgan fingerprint density at radius 1 is 1.14 bits per heavy atom. The maximum Gasteiger partial charge on any atom is 0.323 e. The third-order valence-electron chi connectivity index (χ3n) is 3.07. The Balaban J connectivity index is 2.15. The maximum absolute atomic E-state index is 13.3. The van der Waals surface area contributed by atoms with Crippen molar-refractivity contribution in [3.05, 3.63) is 58.6 Å². The van der Waals surface area contributed by atoms with Gasteiger partial charge in [0.05, 0.1) is 5.69 Å². The molecular formula is C14H9F2N3O3. The van der Waals surface area contributed by atoms with E-state index >= 15 is 0 Å². The van der Waals surface area contributed by atoms with Crippen molar-refractivity contribution in [2.24, 2.45) is 0 Å². The van der Waals surface area contributed by atoms with E-state index in [1.807, 2.05) is 0 Å². The summed E-state index contributed by atoms with van der Waals surface area (Å²) in [5.41, 5.74) is -0.0436. The van der Waals surface area contributed by atoms with Crippen LogP contribution in [0.5, 0.6) is 0 Å². The molecule has 0 spiro atoms. The topological polar surface area (TPSA) is 76.6 Å². The van der Waals surface area contributed by atoms with Crippen molar-refractivity contribution in [3.63, 3.8) is 0 Å². The first-order chi connectivity index (χ1) is 10.4. The number of fused-ring (bicyclic) bond motifs is 1. The molecule has 0 saturated heterocycles. The molecule has 2 heterocycles. The summed E-state index contributed by atoms with van der Waals surface area (Å²) < 4.78 is 28.7. The lowest BCUT2D eigenvalue weighted by atomic mass is 10.1. The summed E-state index contributed by atoms with van der Waals surface area (Å²) in [6.07, 6.45) is 2.69. The average Bonchev–Trinajstić information content (AvgIpc) is 2.85. The van der Waals surface area contributed by atoms with Gasteiger partial charge >= 0.3 is 5.97 Å². The van der Waals surface area contributed by atoms with Gasteiger partial charge in [-0.2, -0.15) is 5.10 Å². The molecule has 0 radical (unpaired) electrons. The largest absolute Gasteiger partial charge is 0.480 e. The van der Waals surface area contributed by atoms with Crippen LogP contribution in [0, 0.1) is 11.6 Å². The molecule has 0 aliphatic carbocycles. The molecule has 1 aromatic carbocycles. The van der Waals surface area contributed by atoms with Crippen molar-refractivity contribution in [1.82, 2.24) is 14.2 Å². The quantitative estimate of drug-likeness (QED) is 0.796. The molecule has 22 heavy (non-hydrogen) atoms. The molecule has 1 N–H and O–H groups in total. The Bertz CT molecular complexity index is 926. The second kappa shape index (κ2) is 5.06. The number of carboxylic acids is 1. The van der Waals surface area contributed by atoms with Gasteiger partial charge in [0, 0.05) is 24.0 Å². The van der Waals surface area contributed by atoms with Crippen LogP contribution in [-0.2, 0) is 11.3 Å². The third-order valence-corrected chi connectivity index (χ3v) is 3.07. The number of aromatic nitrogens is 3. The van der Waals surface area contributed by atoms with E-state index in [4.69, 9.17) is 5.11 Å². The van der Waals surface area contributed by atoms with Gasteiger partial charge < -0.3 is 9.67 Å². The first-order valence-corrected chi connectivity index (χ1v) is 6.21. The van der Waals surface area contributed by atoms with Crippen LogP contribution in [0.1, 0.15) is 0 Å². The van der Waals surface area contributed by atoms with E-state index in [-0.39, 0.29) is 16.8 Å². The highest BCUT2D eigenvalue weighted by molar-refractivity contribution is 5.68. The van der Waals surface area contributed by atoms with Crippen LogP contribution in [0.3, 0.4) is 0 Å². The number of nitrogens with zero attached hydrogens (tertiary/aromatic N) is 3. The predicted octanol–water partition coefficient (Wildman–Crippen LogP) is 1.53. The van der Waals surface area contributed by atoms with Gasteiger partial charge in [0.2, 0.25) is 0 Å². The van der Waals surface area contributed by atoms with Crippen molar-refractivity contribution in [2.45, 2.75) is 6.54 Å². The van der Waals surface area contributed by atoms with E-state index in [9.17, 15) is 18.4 Å². The number of hydrogen-bond donors (Lipinski definition) is 1. The molecule has 112 valence electrons. The normalized spacial score (nSPS) is 11.0. The third kappa shape index (κ3) is 2.46. The summed E-state index contributed by atoms with van der Waals surface area (Å²) in [4.78, 5) is 22.8. The molecule has 0 aliphatic rings. The Morgan fingerprint density at radius 3 is 2.45 bits per heavy atom. The zero-order chi connectivity index (χ0) is 15.9. The maximum atomic E-state index is 13.3. The minimum absolute atomic E-state index is 0.114. The first-order valence-electron chi connectivity index (χ1n) is 6.21. The highest BCUT2D eigenvalue weighted by Crippen LogP contribution is 2.20. The fourth-order valence-electron chi connectivity index (χ4n) is 2.14. The van der Waals surface area contributed by atoms with E-state index in [1.165, 1.54) is 23.0 Å². The minimum atomic E-state index is -1.15. The fourth-order valence-corrected chi connectivity index (χ4v) is 2.14. The second-order valence-corrected chi connectivity index (χ2v) is 4.64. The summed E-state index contributed by atoms with van der Waals surface area (Å²) in [6.45, 7) is -0.482. The van der Waals surface area contributed by atoms with Crippen LogP contribution >= 0.6 is 0 Å². The SMILES string of the molecule is O=C(O)Cn1ccn2nc(-c3cc(F)cc(F)c3)cc2c1=O. The van der Waals surface area contributed by atoms with E-state index in [2.05, 4.69) is 5.10 Å². The summed E-state index contributed by atoms with van der Waals surface area (Å²) in [5, 5.41) is 12.8. The Morgan fingerprint density at radius 2 is 1.82 bits per heavy atom. The molecule has 3 rings (SSSR count). The number of halogens is 2. The first kappa shape index (κ1) is 13.9. The number of rotatable bonds is 3. The van der Waals surface area contributed by atoms with Crippen LogP contribution in [0.2, 0.25) is 0 Å². The molecule has 3 aromatic rings. The Kier molecular flexibility index (Phi) is 3.21. The molecule has 8 heteroatoms. The van der Waals surface area contributed by atoms with Crippen molar-refractivity contribution in [3.8, 4) is 11.3 Å². The zero-order valence-electron chi connectivity index (χ0n) is 11.0. The van der Waals surface area contributed by atoms with Crippen molar-refractivity contribution < 1.29 is 18.7 Å². The van der Waals surface area contributed by atoms with Crippen LogP contribution in [0.4, 0.5) is 8.78 Å². The second-order valence-electron chi connectivity index (χ2n) is 4.64. The lowest BCUT2D eigenvalue weighted by Gasteiger charge is -2.01. The lowest BCUT2D eigenvalue weighted by Crippen LogP contribution is -2.24. The van der Waals surface area contributed by atoms with E-state index < -0.39 is 29.7 Å². The highest BCUT2D eigenvalue weighted by atomic mass is 19.1. The number of carboxylic acid groups (broad SMARTS) is 1. The zero-order valence-corrected chi connectivity index (χ0v) is 11.0. The standard InChI is InChI=1S/C14H9F2N3O3/c15-9-3-8(4-10(16)5-9)11-6-12-14(22)18(7-13(20)21)1-2-19(12)17-11/h1-6H,7H2,(H,20,21). The minimum Gasteiger partial charge on any atom is -0.480 e. The molecule has 0 unspecified atom stereocenters. The van der Waals surface area contributed by atoms with Crippen LogP contribution in [0.25, 0.3) is 16.8 Å². The van der Waals surface area contributed by atoms with Gasteiger partial charge in [-0.05, 0) is 18.2 Å². The number of aliphatic carboxylic acids is 1. The molecule has 0 saturated carbocycles. The Labute approximate surface area is 121 Å². The van der Waals surface area contributed by atoms with Crippen molar-refractivity contribution >= 4 is 11.5 Å². The summed E-state index contributed by atoms with van der Waals surface area (Å²) in [6, 6.07) is 4.29. The van der Waals surface area contributed by atoms with Gasteiger partial charge in [0.15, 0.2) is 0 Å². The van der Waals surface area contributed by atoms with Gasteiger partial charge in [-0.15, -0.1) is 0 Å². The van der Waals surface area contributed by atoms with Gasteiger partial charge in [0.1, 0.15) is 23.7 Å². The van der Waals surface area contributed by atoms with Crippen LogP contribution in [-0.4, -0.2) is 25.3 Å². The van der Waals surface area contributed by atoms with Crippen molar-refractivity contribution in [2.75, 3.05) is 0 Å². The molecule has 2 aromatic heterocycles. The molecule has 0 amide bonds. The van der Waals surface area contributed by atoms with E-state index in [0.717, 1.165) is 22.8 Å². The average molecular weight is 305 g/mol. The highest BCUT2D eigenvalue weighted by Gasteiger charge is 2.12. The smallest absolute Gasteiger partial charge is 0.323 e. The Hall–Kier alpha value is -3.03. The molecule has 0 atom stereocenters. The van der Waals surface area contributed by atoms with Crippen molar-refractivity contribution in [1.29, 1.82) is 0 Å². The fraction of sp³-hybridized carbons (Fsp3) is 0.0714. The van der Waals surface area contributed by atoms with E-state index in [1.54, 1.807) is 0 Å². The van der Waals surface area contributed by atoms with E-state index in [0.29, 0.717) is 0 Å². The number of hydrogen-bond acceptors (Lipinski definition) is 3. The van der Waals surface area contributed by atoms with Gasteiger partial charge in [-0.1, -0.05) is 0 Å². The summed E-state index contributed by atoms with van der Waals surface area (Å²) in [7, 11) is 0. The van der Waals surface area contributed by atoms with Gasteiger partial charge in [-0.25, -0.2) is 13.3 Å². The number of benzene rings is 1. The van der Waals surface area contributed by atoms with Gasteiger partial charge in [0.25, 0.3) is 5.56 Å². The van der Waals surface area contributed by atoms with Crippen LogP contribution in [0.15, 0.2) is 41.5 Å². The predicted molar refractivity (Wildman–Crippen MR) is 72.4 cm³/mol. The lowest BCUT2D eigenvalue weighted by molar-refractivity contribution is -0.137. The summed E-state index contributed by atoms with van der Waals surface area (Å²) in [5.74, 6) is -2.66. The molecule has 0 fully saturated rings. The molecule has 0 aliphatic heterocycles. The molecular weight excluding hydrogens is 296 g/mol. The summed E-state index contributed by atoms with van der Waals surface area (Å²) >= 11 is 0. The molecule has 0 bridgehead atoms. The molecule has 6 nitrogen and oxygen atoms in total. The monoisotopic (exact) mass is 305 g/mol. The number of carbonyl (C=O) groups is 1.